The van der Waals surface area contributed by atoms with Gasteiger partial charge in [0.15, 0.2) is 0 Å². The summed E-state index contributed by atoms with van der Waals surface area (Å²) >= 11 is 2.41. The van der Waals surface area contributed by atoms with Crippen molar-refractivity contribution < 1.29 is 0 Å². The van der Waals surface area contributed by atoms with Crippen molar-refractivity contribution in [2.24, 2.45) is 0 Å². The van der Waals surface area contributed by atoms with E-state index in [0.29, 0.717) is 0 Å². The third-order valence-corrected chi connectivity index (χ3v) is 4.57. The van der Waals surface area contributed by atoms with Crippen LogP contribution >= 0.6 is 22.6 Å². The lowest BCUT2D eigenvalue weighted by molar-refractivity contribution is 0.660. The van der Waals surface area contributed by atoms with Crippen molar-refractivity contribution in [1.82, 2.24) is 0 Å². The molecule has 3 rings (SSSR count). The van der Waals surface area contributed by atoms with Crippen molar-refractivity contribution in [2.75, 3.05) is 5.73 Å². The Morgan fingerprint density at radius 1 is 1.06 bits per heavy atom. The molecule has 0 unspecified atom stereocenters. The summed E-state index contributed by atoms with van der Waals surface area (Å²) in [7, 11) is 0. The number of rotatable bonds is 0. The van der Waals surface area contributed by atoms with Crippen molar-refractivity contribution in [3.63, 3.8) is 0 Å². The third kappa shape index (κ3) is 1.43. The van der Waals surface area contributed by atoms with E-state index >= 15 is 0 Å². The molecule has 2 aromatic carbocycles. The molecule has 2 aromatic rings. The van der Waals surface area contributed by atoms with Gasteiger partial charge in [-0.1, -0.05) is 32.0 Å². The van der Waals surface area contributed by atoms with Crippen LogP contribution in [-0.4, -0.2) is 0 Å². The Bertz CT molecular complexity index is 614. The van der Waals surface area contributed by atoms with Gasteiger partial charge in [0.1, 0.15) is 0 Å². The summed E-state index contributed by atoms with van der Waals surface area (Å²) in [5.74, 6) is 0. The number of benzene rings is 2. The average molecular weight is 335 g/mol. The Morgan fingerprint density at radius 3 is 2.59 bits per heavy atom. The second kappa shape index (κ2) is 3.48. The lowest BCUT2D eigenvalue weighted by Gasteiger charge is -2.21. The molecular formula is C15H14IN. The van der Waals surface area contributed by atoms with E-state index < -0.39 is 0 Å². The highest BCUT2D eigenvalue weighted by atomic mass is 127. The van der Waals surface area contributed by atoms with E-state index in [0.717, 1.165) is 5.69 Å². The molecule has 1 aliphatic rings. The summed E-state index contributed by atoms with van der Waals surface area (Å²) < 4.78 is 1.30. The van der Waals surface area contributed by atoms with Gasteiger partial charge in [0.05, 0.1) is 0 Å². The Kier molecular flexibility index (Phi) is 2.27. The van der Waals surface area contributed by atoms with Gasteiger partial charge in [-0.15, -0.1) is 0 Å². The van der Waals surface area contributed by atoms with E-state index in [2.05, 4.69) is 66.8 Å². The molecule has 0 saturated carbocycles. The number of hydrogen-bond acceptors (Lipinski definition) is 1. The number of fused-ring (bicyclic) bond motifs is 3. The minimum Gasteiger partial charge on any atom is -0.399 e. The van der Waals surface area contributed by atoms with E-state index in [1.54, 1.807) is 0 Å². The lowest BCUT2D eigenvalue weighted by Crippen LogP contribution is -2.14. The molecule has 1 nitrogen and oxygen atoms in total. The van der Waals surface area contributed by atoms with E-state index in [1.807, 2.05) is 6.07 Å². The van der Waals surface area contributed by atoms with Crippen LogP contribution in [0.15, 0.2) is 36.4 Å². The van der Waals surface area contributed by atoms with Gasteiger partial charge in [0.2, 0.25) is 0 Å². The normalized spacial score (nSPS) is 15.5. The molecule has 0 atom stereocenters. The van der Waals surface area contributed by atoms with Crippen molar-refractivity contribution in [3.8, 4) is 11.1 Å². The van der Waals surface area contributed by atoms with E-state index in [4.69, 9.17) is 5.73 Å². The molecule has 1 aliphatic carbocycles. The van der Waals surface area contributed by atoms with Gasteiger partial charge in [0, 0.05) is 14.7 Å². The fourth-order valence-electron chi connectivity index (χ4n) is 2.78. The zero-order chi connectivity index (χ0) is 12.2. The summed E-state index contributed by atoms with van der Waals surface area (Å²) in [6, 6.07) is 12.8. The predicted molar refractivity (Wildman–Crippen MR) is 81.1 cm³/mol. The van der Waals surface area contributed by atoms with Crippen molar-refractivity contribution in [3.05, 3.63) is 51.1 Å². The summed E-state index contributed by atoms with van der Waals surface area (Å²) in [4.78, 5) is 0. The second-order valence-corrected chi connectivity index (χ2v) is 6.25. The molecule has 2 N–H and O–H groups in total. The van der Waals surface area contributed by atoms with Crippen LogP contribution in [0.3, 0.4) is 0 Å². The molecule has 2 heteroatoms. The molecule has 0 aromatic heterocycles. The van der Waals surface area contributed by atoms with Gasteiger partial charge in [-0.2, -0.15) is 0 Å². The number of anilines is 1. The molecule has 0 amide bonds. The maximum Gasteiger partial charge on any atom is 0.0320 e. The standard InChI is InChI=1S/C15H14IN/c1-15(2)11-7-6-9(17)8-10(11)14-12(15)4-3-5-13(14)16/h3-8H,17H2,1-2H3. The smallest absolute Gasteiger partial charge is 0.0320 e. The topological polar surface area (TPSA) is 26.0 Å². The number of nitrogen functional groups attached to an aromatic ring is 1. The van der Waals surface area contributed by atoms with Crippen LogP contribution in [0.2, 0.25) is 0 Å². The first-order chi connectivity index (χ1) is 8.01. The fourth-order valence-corrected chi connectivity index (χ4v) is 3.57. The number of hydrogen-bond donors (Lipinski definition) is 1. The first-order valence-corrected chi connectivity index (χ1v) is 6.79. The van der Waals surface area contributed by atoms with Gasteiger partial charge < -0.3 is 5.73 Å². The highest BCUT2D eigenvalue weighted by molar-refractivity contribution is 14.1. The maximum atomic E-state index is 5.92. The SMILES string of the molecule is CC1(C)c2ccc(N)cc2-c2c(I)cccc21. The Hall–Kier alpha value is -1.03. The highest BCUT2D eigenvalue weighted by Gasteiger charge is 2.36. The molecule has 0 heterocycles. The minimum absolute atomic E-state index is 0.0829. The molecule has 0 radical (unpaired) electrons. The quantitative estimate of drug-likeness (QED) is 0.567. The summed E-state index contributed by atoms with van der Waals surface area (Å²) in [6.07, 6.45) is 0. The van der Waals surface area contributed by atoms with Gasteiger partial charge in [-0.3, -0.25) is 0 Å². The van der Waals surface area contributed by atoms with Crippen molar-refractivity contribution in [1.29, 1.82) is 0 Å². The maximum absolute atomic E-state index is 5.92. The van der Waals surface area contributed by atoms with Crippen LogP contribution < -0.4 is 5.73 Å². The Morgan fingerprint density at radius 2 is 1.82 bits per heavy atom. The van der Waals surface area contributed by atoms with Crippen LogP contribution in [0, 0.1) is 3.57 Å². The monoisotopic (exact) mass is 335 g/mol. The van der Waals surface area contributed by atoms with Crippen LogP contribution in [0.25, 0.3) is 11.1 Å². The van der Waals surface area contributed by atoms with Gasteiger partial charge >= 0.3 is 0 Å². The minimum atomic E-state index is 0.0829. The summed E-state index contributed by atoms with van der Waals surface area (Å²) in [5.41, 5.74) is 12.3. The lowest BCUT2D eigenvalue weighted by atomic mass is 9.82. The molecule has 0 bridgehead atoms. The molecule has 17 heavy (non-hydrogen) atoms. The number of halogens is 1. The molecule has 0 aliphatic heterocycles. The second-order valence-electron chi connectivity index (χ2n) is 5.09. The predicted octanol–water partition coefficient (Wildman–Crippen LogP) is 4.18. The van der Waals surface area contributed by atoms with Crippen LogP contribution in [0.5, 0.6) is 0 Å². The van der Waals surface area contributed by atoms with E-state index in [-0.39, 0.29) is 5.41 Å². The van der Waals surface area contributed by atoms with Crippen LogP contribution in [0.1, 0.15) is 25.0 Å². The largest absolute Gasteiger partial charge is 0.399 e. The molecule has 0 spiro atoms. The van der Waals surface area contributed by atoms with Crippen molar-refractivity contribution in [2.45, 2.75) is 19.3 Å². The number of nitrogens with two attached hydrogens (primary N) is 1. The van der Waals surface area contributed by atoms with Crippen LogP contribution in [0.4, 0.5) is 5.69 Å². The first-order valence-electron chi connectivity index (χ1n) is 5.71. The molecule has 0 saturated heterocycles. The Balaban J connectivity index is 2.44. The fraction of sp³-hybridized carbons (Fsp3) is 0.200. The summed E-state index contributed by atoms with van der Waals surface area (Å²) in [5, 5.41) is 0. The van der Waals surface area contributed by atoms with E-state index in [9.17, 15) is 0 Å². The summed E-state index contributed by atoms with van der Waals surface area (Å²) in [6.45, 7) is 4.56. The molecule has 0 fully saturated rings. The third-order valence-electron chi connectivity index (χ3n) is 3.67. The zero-order valence-electron chi connectivity index (χ0n) is 9.92. The van der Waals surface area contributed by atoms with E-state index in [1.165, 1.54) is 25.8 Å². The van der Waals surface area contributed by atoms with Crippen molar-refractivity contribution >= 4 is 28.3 Å². The van der Waals surface area contributed by atoms with Gasteiger partial charge in [-0.05, 0) is 63.0 Å². The highest BCUT2D eigenvalue weighted by Crippen LogP contribution is 2.50. The molecule has 86 valence electrons. The van der Waals surface area contributed by atoms with Crippen LogP contribution in [-0.2, 0) is 5.41 Å². The average Bonchev–Trinajstić information content (AvgIpc) is 2.49. The van der Waals surface area contributed by atoms with Gasteiger partial charge in [0.25, 0.3) is 0 Å². The Labute approximate surface area is 115 Å². The van der Waals surface area contributed by atoms with Gasteiger partial charge in [-0.25, -0.2) is 0 Å². The zero-order valence-corrected chi connectivity index (χ0v) is 12.1. The molecular weight excluding hydrogens is 321 g/mol. The first kappa shape index (κ1) is 11.1.